The molecule has 0 aromatic heterocycles. The van der Waals surface area contributed by atoms with E-state index in [0.717, 1.165) is 12.3 Å². The number of sulfone groups is 1. The topological polar surface area (TPSA) is 116 Å². The molecule has 9 heteroatoms. The first kappa shape index (κ1) is 17.9. The molecule has 21 heavy (non-hydrogen) atoms. The van der Waals surface area contributed by atoms with Gasteiger partial charge in [0.05, 0.1) is 16.7 Å². The van der Waals surface area contributed by atoms with Crippen molar-refractivity contribution in [1.29, 1.82) is 0 Å². The predicted octanol–water partition coefficient (Wildman–Crippen LogP) is 0.376. The number of sulfonamides is 1. The van der Waals surface area contributed by atoms with Crippen molar-refractivity contribution < 1.29 is 21.6 Å². The van der Waals surface area contributed by atoms with E-state index in [1.165, 1.54) is 12.1 Å². The van der Waals surface area contributed by atoms with Gasteiger partial charge in [-0.3, -0.25) is 0 Å². The fraction of sp³-hybridized carbons (Fsp3) is 0.500. The van der Waals surface area contributed by atoms with E-state index in [-0.39, 0.29) is 28.1 Å². The molecule has 0 aliphatic heterocycles. The van der Waals surface area contributed by atoms with Gasteiger partial charge in [-0.15, -0.1) is 0 Å². The van der Waals surface area contributed by atoms with Crippen molar-refractivity contribution in [2.45, 2.75) is 29.7 Å². The molecule has 0 amide bonds. The van der Waals surface area contributed by atoms with Gasteiger partial charge < -0.3 is 10.5 Å². The maximum atomic E-state index is 12.2. The molecule has 1 aromatic rings. The minimum atomic E-state index is -3.91. The molecule has 1 unspecified atom stereocenters. The number of ether oxygens (including phenoxy) is 1. The molecular weight excluding hydrogens is 316 g/mol. The molecule has 1 rings (SSSR count). The molecule has 0 spiro atoms. The molecule has 0 saturated carbocycles. The normalized spacial score (nSPS) is 14.0. The second kappa shape index (κ2) is 6.73. The van der Waals surface area contributed by atoms with E-state index in [1.54, 1.807) is 13.8 Å². The fourth-order valence-corrected chi connectivity index (χ4v) is 3.62. The van der Waals surface area contributed by atoms with E-state index in [1.807, 2.05) is 0 Å². The standard InChI is InChI=1S/C12H20N2O5S2/c1-4-19-9(2)8-14-21(17,18)12-7-10(20(3,15)16)5-6-11(12)13/h5-7,9,14H,4,8,13H2,1-3H3. The number of anilines is 1. The van der Waals surface area contributed by atoms with Gasteiger partial charge in [-0.2, -0.15) is 0 Å². The molecule has 7 nitrogen and oxygen atoms in total. The maximum absolute atomic E-state index is 12.2. The van der Waals surface area contributed by atoms with E-state index in [9.17, 15) is 16.8 Å². The first-order chi connectivity index (χ1) is 9.58. The SMILES string of the molecule is CCOC(C)CNS(=O)(=O)c1cc(S(C)(=O)=O)ccc1N. The second-order valence-electron chi connectivity index (χ2n) is 4.59. The Hall–Kier alpha value is -1.16. The summed E-state index contributed by atoms with van der Waals surface area (Å²) in [5.74, 6) is 0. The van der Waals surface area contributed by atoms with Crippen LogP contribution >= 0.6 is 0 Å². The Labute approximate surface area is 125 Å². The zero-order valence-electron chi connectivity index (χ0n) is 12.2. The number of benzene rings is 1. The van der Waals surface area contributed by atoms with Crippen LogP contribution in [0.5, 0.6) is 0 Å². The molecule has 1 aromatic carbocycles. The lowest BCUT2D eigenvalue weighted by Crippen LogP contribution is -2.32. The molecular formula is C12H20N2O5S2. The van der Waals surface area contributed by atoms with Crippen LogP contribution in [-0.2, 0) is 24.6 Å². The molecule has 3 N–H and O–H groups in total. The third kappa shape index (κ3) is 4.95. The summed E-state index contributed by atoms with van der Waals surface area (Å²) in [4.78, 5) is -0.357. The zero-order valence-corrected chi connectivity index (χ0v) is 13.8. The van der Waals surface area contributed by atoms with Crippen LogP contribution in [0.3, 0.4) is 0 Å². The quantitative estimate of drug-likeness (QED) is 0.695. The minimum Gasteiger partial charge on any atom is -0.398 e. The third-order valence-electron chi connectivity index (χ3n) is 2.71. The molecule has 0 bridgehead atoms. The van der Waals surface area contributed by atoms with E-state index in [2.05, 4.69) is 4.72 Å². The third-order valence-corrected chi connectivity index (χ3v) is 5.30. The molecule has 1 atom stereocenters. The van der Waals surface area contributed by atoms with E-state index >= 15 is 0 Å². The minimum absolute atomic E-state index is 0.0148. The number of rotatable bonds is 7. The molecule has 0 saturated heterocycles. The van der Waals surface area contributed by atoms with E-state index in [0.29, 0.717) is 6.61 Å². The summed E-state index contributed by atoms with van der Waals surface area (Å²) < 4.78 is 55.0. The smallest absolute Gasteiger partial charge is 0.242 e. The van der Waals surface area contributed by atoms with Crippen molar-refractivity contribution in [3.8, 4) is 0 Å². The van der Waals surface area contributed by atoms with Crippen molar-refractivity contribution in [2.24, 2.45) is 0 Å². The van der Waals surface area contributed by atoms with Gasteiger partial charge in [0, 0.05) is 19.4 Å². The Kier molecular flexibility index (Phi) is 5.74. The Morgan fingerprint density at radius 2 is 1.90 bits per heavy atom. The number of nitrogens with two attached hydrogens (primary N) is 1. The first-order valence-electron chi connectivity index (χ1n) is 6.28. The monoisotopic (exact) mass is 336 g/mol. The number of hydrogen-bond acceptors (Lipinski definition) is 6. The van der Waals surface area contributed by atoms with Crippen LogP contribution in [0, 0.1) is 0 Å². The maximum Gasteiger partial charge on any atom is 0.242 e. The molecule has 0 heterocycles. The van der Waals surface area contributed by atoms with Crippen molar-refractivity contribution in [1.82, 2.24) is 4.72 Å². The Balaban J connectivity index is 3.08. The first-order valence-corrected chi connectivity index (χ1v) is 9.66. The summed E-state index contributed by atoms with van der Waals surface area (Å²) >= 11 is 0. The van der Waals surface area contributed by atoms with Crippen LogP contribution in [0.15, 0.2) is 28.0 Å². The fourth-order valence-electron chi connectivity index (χ4n) is 1.63. The largest absolute Gasteiger partial charge is 0.398 e. The van der Waals surface area contributed by atoms with Gasteiger partial charge in [-0.1, -0.05) is 0 Å². The van der Waals surface area contributed by atoms with Crippen LogP contribution < -0.4 is 10.5 Å². The Morgan fingerprint density at radius 3 is 2.43 bits per heavy atom. The van der Waals surface area contributed by atoms with Gasteiger partial charge in [0.15, 0.2) is 9.84 Å². The van der Waals surface area contributed by atoms with Gasteiger partial charge in [0.2, 0.25) is 10.0 Å². The zero-order chi connectivity index (χ0) is 16.3. The van der Waals surface area contributed by atoms with Crippen LogP contribution in [0.4, 0.5) is 5.69 Å². The summed E-state index contributed by atoms with van der Waals surface area (Å²) in [6.07, 6.45) is 0.698. The van der Waals surface area contributed by atoms with Gasteiger partial charge in [-0.25, -0.2) is 21.6 Å². The molecule has 120 valence electrons. The van der Waals surface area contributed by atoms with E-state index < -0.39 is 19.9 Å². The lowest BCUT2D eigenvalue weighted by molar-refractivity contribution is 0.0799. The highest BCUT2D eigenvalue weighted by atomic mass is 32.2. The average Bonchev–Trinajstić information content (AvgIpc) is 2.36. The van der Waals surface area contributed by atoms with Gasteiger partial charge in [0.1, 0.15) is 4.90 Å². The van der Waals surface area contributed by atoms with Crippen LogP contribution in [-0.4, -0.2) is 42.3 Å². The lowest BCUT2D eigenvalue weighted by atomic mass is 10.3. The summed E-state index contributed by atoms with van der Waals surface area (Å²) in [5.41, 5.74) is 5.62. The predicted molar refractivity (Wildman–Crippen MR) is 80.2 cm³/mol. The summed E-state index contributed by atoms with van der Waals surface area (Å²) in [6.45, 7) is 4.06. The molecule has 0 aliphatic rings. The number of nitrogen functional groups attached to an aromatic ring is 1. The van der Waals surface area contributed by atoms with Gasteiger partial charge >= 0.3 is 0 Å². The van der Waals surface area contributed by atoms with Gasteiger partial charge in [-0.05, 0) is 32.0 Å². The van der Waals surface area contributed by atoms with Crippen LogP contribution in [0.2, 0.25) is 0 Å². The van der Waals surface area contributed by atoms with Crippen molar-refractivity contribution in [3.63, 3.8) is 0 Å². The lowest BCUT2D eigenvalue weighted by Gasteiger charge is -2.14. The average molecular weight is 336 g/mol. The molecule has 0 aliphatic carbocycles. The van der Waals surface area contributed by atoms with Crippen molar-refractivity contribution in [3.05, 3.63) is 18.2 Å². The number of nitrogens with one attached hydrogen (secondary N) is 1. The van der Waals surface area contributed by atoms with Gasteiger partial charge in [0.25, 0.3) is 0 Å². The Morgan fingerprint density at radius 1 is 1.29 bits per heavy atom. The molecule has 0 fully saturated rings. The highest BCUT2D eigenvalue weighted by molar-refractivity contribution is 7.91. The highest BCUT2D eigenvalue weighted by Gasteiger charge is 2.21. The summed E-state index contributed by atoms with van der Waals surface area (Å²) in [6, 6.07) is 3.59. The van der Waals surface area contributed by atoms with Crippen molar-refractivity contribution in [2.75, 3.05) is 25.1 Å². The van der Waals surface area contributed by atoms with Crippen molar-refractivity contribution >= 4 is 25.5 Å². The van der Waals surface area contributed by atoms with E-state index in [4.69, 9.17) is 10.5 Å². The second-order valence-corrected chi connectivity index (χ2v) is 8.34. The molecule has 0 radical (unpaired) electrons. The summed E-state index contributed by atoms with van der Waals surface area (Å²) in [7, 11) is -7.42. The Bertz CT molecular complexity index is 698. The number of hydrogen-bond donors (Lipinski definition) is 2. The van der Waals surface area contributed by atoms with Crippen LogP contribution in [0.25, 0.3) is 0 Å². The highest BCUT2D eigenvalue weighted by Crippen LogP contribution is 2.22. The summed E-state index contributed by atoms with van der Waals surface area (Å²) in [5, 5.41) is 0. The van der Waals surface area contributed by atoms with Crippen LogP contribution in [0.1, 0.15) is 13.8 Å².